The molecule has 0 saturated carbocycles. The Hall–Kier alpha value is -4.30. The molecule has 0 atom stereocenters. The van der Waals surface area contributed by atoms with Gasteiger partial charge in [0, 0.05) is 34.8 Å². The van der Waals surface area contributed by atoms with Gasteiger partial charge in [-0.3, -0.25) is 15.2 Å². The second-order valence-electron chi connectivity index (χ2n) is 7.69. The Morgan fingerprint density at radius 2 is 1.65 bits per heavy atom. The zero-order chi connectivity index (χ0) is 24.3. The Labute approximate surface area is 197 Å². The Balaban J connectivity index is 1.61. The third-order valence-corrected chi connectivity index (χ3v) is 6.39. The predicted molar refractivity (Wildman–Crippen MR) is 134 cm³/mol. The second-order valence-corrected chi connectivity index (χ2v) is 9.68. The summed E-state index contributed by atoms with van der Waals surface area (Å²) in [6.45, 7) is 0. The van der Waals surface area contributed by atoms with Crippen LogP contribution in [-0.4, -0.2) is 31.4 Å². The molecule has 4 aromatic rings. The lowest BCUT2D eigenvalue weighted by molar-refractivity contribution is 0.102. The van der Waals surface area contributed by atoms with Gasteiger partial charge >= 0.3 is 0 Å². The number of pyridine rings is 1. The lowest BCUT2D eigenvalue weighted by Crippen LogP contribution is -2.14. The van der Waals surface area contributed by atoms with Crippen molar-refractivity contribution >= 4 is 27.3 Å². The van der Waals surface area contributed by atoms with Gasteiger partial charge in [-0.05, 0) is 42.0 Å². The van der Waals surface area contributed by atoms with Gasteiger partial charge < -0.3 is 11.1 Å². The predicted octanol–water partition coefficient (Wildman–Crippen LogP) is 4.36. The molecular weight excluding hydrogens is 448 g/mol. The molecule has 4 N–H and O–H groups in total. The van der Waals surface area contributed by atoms with Gasteiger partial charge in [-0.2, -0.15) is 0 Å². The SMILES string of the molecule is CS(=O)(=O)c1ccccc1-c1ccc(NC(=O)c2cccnc2-c2cccc(C(=N)N)c2)cc1. The first-order valence-corrected chi connectivity index (χ1v) is 12.2. The van der Waals surface area contributed by atoms with Gasteiger partial charge in [0.2, 0.25) is 0 Å². The summed E-state index contributed by atoms with van der Waals surface area (Å²) in [5, 5.41) is 10.5. The number of carbonyl (C=O) groups is 1. The molecule has 1 amide bonds. The number of nitrogens with zero attached hydrogens (tertiary/aromatic N) is 1. The Morgan fingerprint density at radius 3 is 2.35 bits per heavy atom. The van der Waals surface area contributed by atoms with Crippen LogP contribution in [0.4, 0.5) is 5.69 Å². The van der Waals surface area contributed by atoms with E-state index >= 15 is 0 Å². The summed E-state index contributed by atoms with van der Waals surface area (Å²) >= 11 is 0. The molecule has 0 fully saturated rings. The fourth-order valence-electron chi connectivity index (χ4n) is 3.61. The standard InChI is InChI=1S/C26H22N4O3S/c1-34(32,33)23-10-3-2-8-21(23)17-11-13-20(14-12-17)30-26(31)22-9-5-15-29-24(22)18-6-4-7-19(16-18)25(27)28/h2-16H,1H3,(H3,27,28)(H,30,31). The van der Waals surface area contributed by atoms with Crippen LogP contribution >= 0.6 is 0 Å². The Morgan fingerprint density at radius 1 is 0.912 bits per heavy atom. The van der Waals surface area contributed by atoms with Crippen LogP contribution in [0.3, 0.4) is 0 Å². The quantitative estimate of drug-likeness (QED) is 0.285. The number of amidine groups is 1. The van der Waals surface area contributed by atoms with E-state index in [1.807, 2.05) is 0 Å². The summed E-state index contributed by atoms with van der Waals surface area (Å²) in [5.74, 6) is -0.415. The summed E-state index contributed by atoms with van der Waals surface area (Å²) in [5.41, 5.74) is 9.53. The minimum absolute atomic E-state index is 0.0682. The maximum absolute atomic E-state index is 13.1. The molecule has 4 rings (SSSR count). The van der Waals surface area contributed by atoms with E-state index in [4.69, 9.17) is 11.1 Å². The largest absolute Gasteiger partial charge is 0.384 e. The van der Waals surface area contributed by atoms with Crippen molar-refractivity contribution < 1.29 is 13.2 Å². The summed E-state index contributed by atoms with van der Waals surface area (Å²) in [7, 11) is -3.38. The minimum atomic E-state index is -3.38. The molecular formula is C26H22N4O3S. The molecule has 0 bridgehead atoms. The number of amides is 1. The van der Waals surface area contributed by atoms with Crippen LogP contribution in [0.5, 0.6) is 0 Å². The van der Waals surface area contributed by atoms with Gasteiger partial charge in [0.1, 0.15) is 5.84 Å². The van der Waals surface area contributed by atoms with Crippen molar-refractivity contribution in [2.24, 2.45) is 5.73 Å². The fraction of sp³-hybridized carbons (Fsp3) is 0.0385. The molecule has 0 unspecified atom stereocenters. The number of nitrogens with two attached hydrogens (primary N) is 1. The van der Waals surface area contributed by atoms with Crippen molar-refractivity contribution in [3.8, 4) is 22.4 Å². The van der Waals surface area contributed by atoms with E-state index in [-0.39, 0.29) is 16.6 Å². The molecule has 1 heterocycles. The van der Waals surface area contributed by atoms with Crippen LogP contribution in [0.25, 0.3) is 22.4 Å². The lowest BCUT2D eigenvalue weighted by atomic mass is 10.0. The van der Waals surface area contributed by atoms with Crippen LogP contribution in [0.15, 0.2) is 96.0 Å². The van der Waals surface area contributed by atoms with Gasteiger partial charge in [0.25, 0.3) is 5.91 Å². The number of nitrogens with one attached hydrogen (secondary N) is 2. The summed E-state index contributed by atoms with van der Waals surface area (Å²) < 4.78 is 24.2. The van der Waals surface area contributed by atoms with Crippen molar-refractivity contribution in [3.63, 3.8) is 0 Å². The highest BCUT2D eigenvalue weighted by Crippen LogP contribution is 2.29. The molecule has 170 valence electrons. The summed E-state index contributed by atoms with van der Waals surface area (Å²) in [4.78, 5) is 17.7. The molecule has 0 saturated heterocycles. The van der Waals surface area contributed by atoms with Crippen LogP contribution < -0.4 is 11.1 Å². The number of benzene rings is 3. The van der Waals surface area contributed by atoms with Crippen LogP contribution in [-0.2, 0) is 9.84 Å². The molecule has 0 spiro atoms. The van der Waals surface area contributed by atoms with E-state index in [0.29, 0.717) is 33.6 Å². The molecule has 0 aliphatic heterocycles. The van der Waals surface area contributed by atoms with Gasteiger partial charge in [0.05, 0.1) is 16.2 Å². The molecule has 0 radical (unpaired) electrons. The zero-order valence-electron chi connectivity index (χ0n) is 18.3. The van der Waals surface area contributed by atoms with Gasteiger partial charge in [-0.25, -0.2) is 8.42 Å². The van der Waals surface area contributed by atoms with Crippen LogP contribution in [0.2, 0.25) is 0 Å². The average Bonchev–Trinajstić information content (AvgIpc) is 2.84. The average molecular weight is 471 g/mol. The minimum Gasteiger partial charge on any atom is -0.384 e. The van der Waals surface area contributed by atoms with Gasteiger partial charge in [-0.1, -0.05) is 48.5 Å². The highest BCUT2D eigenvalue weighted by Gasteiger charge is 2.16. The normalized spacial score (nSPS) is 11.1. The number of rotatable bonds is 6. The van der Waals surface area contributed by atoms with E-state index in [1.54, 1.807) is 91.1 Å². The Kier molecular flexibility index (Phi) is 6.25. The number of hydrogen-bond donors (Lipinski definition) is 3. The summed E-state index contributed by atoms with van der Waals surface area (Å²) in [6.07, 6.45) is 2.78. The first-order valence-electron chi connectivity index (χ1n) is 10.3. The molecule has 34 heavy (non-hydrogen) atoms. The van der Waals surface area contributed by atoms with Crippen LogP contribution in [0.1, 0.15) is 15.9 Å². The highest BCUT2D eigenvalue weighted by molar-refractivity contribution is 7.90. The topological polar surface area (TPSA) is 126 Å². The zero-order valence-corrected chi connectivity index (χ0v) is 19.1. The lowest BCUT2D eigenvalue weighted by Gasteiger charge is -2.12. The number of carbonyl (C=O) groups excluding carboxylic acids is 1. The fourth-order valence-corrected chi connectivity index (χ4v) is 4.52. The van der Waals surface area contributed by atoms with Crippen LogP contribution in [0, 0.1) is 5.41 Å². The number of hydrogen-bond acceptors (Lipinski definition) is 5. The molecule has 0 aliphatic rings. The third kappa shape index (κ3) is 4.87. The second kappa shape index (κ2) is 9.29. The highest BCUT2D eigenvalue weighted by atomic mass is 32.2. The number of aromatic nitrogens is 1. The smallest absolute Gasteiger partial charge is 0.257 e. The van der Waals surface area contributed by atoms with E-state index in [0.717, 1.165) is 5.56 Å². The van der Waals surface area contributed by atoms with E-state index in [2.05, 4.69) is 10.3 Å². The summed E-state index contributed by atoms with van der Waals surface area (Å²) in [6, 6.07) is 24.1. The van der Waals surface area contributed by atoms with E-state index < -0.39 is 9.84 Å². The molecule has 1 aromatic heterocycles. The Bertz CT molecular complexity index is 1500. The van der Waals surface area contributed by atoms with Crippen molar-refractivity contribution in [1.29, 1.82) is 5.41 Å². The number of nitrogen functional groups attached to an aromatic ring is 1. The van der Waals surface area contributed by atoms with E-state index in [9.17, 15) is 13.2 Å². The van der Waals surface area contributed by atoms with Gasteiger partial charge in [0.15, 0.2) is 9.84 Å². The van der Waals surface area contributed by atoms with Crippen molar-refractivity contribution in [2.45, 2.75) is 4.90 Å². The molecule has 0 aliphatic carbocycles. The number of sulfone groups is 1. The van der Waals surface area contributed by atoms with Gasteiger partial charge in [-0.15, -0.1) is 0 Å². The third-order valence-electron chi connectivity index (χ3n) is 5.24. The monoisotopic (exact) mass is 470 g/mol. The maximum Gasteiger partial charge on any atom is 0.257 e. The van der Waals surface area contributed by atoms with Crippen molar-refractivity contribution in [3.05, 3.63) is 102 Å². The first kappa shape index (κ1) is 22.9. The van der Waals surface area contributed by atoms with Crippen molar-refractivity contribution in [1.82, 2.24) is 4.98 Å². The van der Waals surface area contributed by atoms with E-state index in [1.165, 1.54) is 6.26 Å². The van der Waals surface area contributed by atoms with Crippen molar-refractivity contribution in [2.75, 3.05) is 11.6 Å². The number of anilines is 1. The molecule has 3 aromatic carbocycles. The molecule has 7 nitrogen and oxygen atoms in total. The maximum atomic E-state index is 13.1. The first-order chi connectivity index (χ1) is 16.2. The molecule has 8 heteroatoms.